The maximum absolute atomic E-state index is 12.1. The number of carbonyl (C=O) groups excluding carboxylic acids is 2. The summed E-state index contributed by atoms with van der Waals surface area (Å²) in [5.41, 5.74) is 1.16. The molecule has 1 aliphatic carbocycles. The minimum absolute atomic E-state index is 0.00832. The van der Waals surface area contributed by atoms with E-state index in [9.17, 15) is 9.59 Å². The fourth-order valence-electron chi connectivity index (χ4n) is 2.52. The van der Waals surface area contributed by atoms with E-state index in [1.165, 1.54) is 4.90 Å². The number of imide groups is 1. The Morgan fingerprint density at radius 2 is 1.91 bits per heavy atom. The lowest BCUT2D eigenvalue weighted by Crippen LogP contribution is -3.13. The van der Waals surface area contributed by atoms with Crippen molar-refractivity contribution in [2.45, 2.75) is 45.3 Å². The number of methoxy groups -OCH3 is 1. The quantitative estimate of drug-likeness (QED) is 0.684. The Bertz CT molecular complexity index is 539. The second-order valence-electron chi connectivity index (χ2n) is 6.31. The Morgan fingerprint density at radius 3 is 2.43 bits per heavy atom. The van der Waals surface area contributed by atoms with E-state index in [1.54, 1.807) is 7.11 Å². The molecule has 1 atom stereocenters. The Hall–Kier alpha value is -2.08. The molecule has 0 bridgehead atoms. The molecular formula is C17H26N3O3+. The van der Waals surface area contributed by atoms with Gasteiger partial charge >= 0.3 is 6.03 Å². The summed E-state index contributed by atoms with van der Waals surface area (Å²) >= 11 is 0. The van der Waals surface area contributed by atoms with Gasteiger partial charge < -0.3 is 15.0 Å². The van der Waals surface area contributed by atoms with Crippen LogP contribution in [0.1, 0.15) is 32.3 Å². The van der Waals surface area contributed by atoms with Gasteiger partial charge in [-0.15, -0.1) is 0 Å². The molecule has 1 aromatic rings. The first kappa shape index (κ1) is 17.3. The summed E-state index contributed by atoms with van der Waals surface area (Å²) < 4.78 is 5.16. The molecule has 0 spiro atoms. The van der Waals surface area contributed by atoms with Crippen LogP contribution in [-0.2, 0) is 11.3 Å². The van der Waals surface area contributed by atoms with Crippen LogP contribution in [0.5, 0.6) is 5.75 Å². The second kappa shape index (κ2) is 7.97. The van der Waals surface area contributed by atoms with E-state index >= 15 is 0 Å². The van der Waals surface area contributed by atoms with Crippen LogP contribution >= 0.6 is 0 Å². The summed E-state index contributed by atoms with van der Waals surface area (Å²) in [6.45, 7) is 4.79. The first-order chi connectivity index (χ1) is 11.0. The van der Waals surface area contributed by atoms with Gasteiger partial charge in [-0.05, 0) is 38.1 Å². The number of quaternary nitrogens is 1. The van der Waals surface area contributed by atoms with Crippen molar-refractivity contribution < 1.29 is 19.2 Å². The van der Waals surface area contributed by atoms with Crippen LogP contribution in [0.4, 0.5) is 4.79 Å². The third-order valence-electron chi connectivity index (χ3n) is 3.81. The van der Waals surface area contributed by atoms with Gasteiger partial charge in [0, 0.05) is 24.4 Å². The van der Waals surface area contributed by atoms with E-state index in [0.717, 1.165) is 30.7 Å². The van der Waals surface area contributed by atoms with E-state index in [-0.39, 0.29) is 11.9 Å². The van der Waals surface area contributed by atoms with Crippen molar-refractivity contribution >= 4 is 11.9 Å². The number of rotatable bonds is 7. The summed E-state index contributed by atoms with van der Waals surface area (Å²) in [7, 11) is 1.64. The molecule has 3 N–H and O–H groups in total. The van der Waals surface area contributed by atoms with Crippen molar-refractivity contribution in [3.05, 3.63) is 29.8 Å². The average Bonchev–Trinajstić information content (AvgIpc) is 3.30. The molecule has 126 valence electrons. The lowest BCUT2D eigenvalue weighted by atomic mass is 10.2. The number of benzene rings is 1. The van der Waals surface area contributed by atoms with Gasteiger partial charge in [0.25, 0.3) is 5.91 Å². The fraction of sp³-hybridized carbons (Fsp3) is 0.529. The zero-order valence-electron chi connectivity index (χ0n) is 14.0. The summed E-state index contributed by atoms with van der Waals surface area (Å²) in [4.78, 5) is 24.8. The zero-order valence-corrected chi connectivity index (χ0v) is 14.0. The van der Waals surface area contributed by atoms with Crippen molar-refractivity contribution in [1.29, 1.82) is 0 Å². The predicted molar refractivity (Wildman–Crippen MR) is 87.4 cm³/mol. The topological polar surface area (TPSA) is 71.9 Å². The van der Waals surface area contributed by atoms with Gasteiger partial charge in [-0.25, -0.2) is 4.79 Å². The molecule has 1 aliphatic rings. The molecule has 2 rings (SSSR count). The van der Waals surface area contributed by atoms with Gasteiger partial charge in [-0.2, -0.15) is 0 Å². The Balaban J connectivity index is 1.88. The predicted octanol–water partition coefficient (Wildman–Crippen LogP) is 0.477. The van der Waals surface area contributed by atoms with Crippen LogP contribution in [-0.4, -0.2) is 37.7 Å². The monoisotopic (exact) mass is 320 g/mol. The van der Waals surface area contributed by atoms with Crippen LogP contribution in [0.25, 0.3) is 0 Å². The van der Waals surface area contributed by atoms with Gasteiger partial charge in [-0.1, -0.05) is 0 Å². The fourth-order valence-corrected chi connectivity index (χ4v) is 2.52. The van der Waals surface area contributed by atoms with E-state index in [4.69, 9.17) is 4.74 Å². The molecule has 0 radical (unpaired) electrons. The van der Waals surface area contributed by atoms with Gasteiger partial charge in [0.1, 0.15) is 12.3 Å². The zero-order chi connectivity index (χ0) is 16.8. The normalized spacial score (nSPS) is 15.1. The minimum Gasteiger partial charge on any atom is -0.497 e. The molecule has 23 heavy (non-hydrogen) atoms. The Labute approximate surface area is 137 Å². The molecule has 6 nitrogen and oxygen atoms in total. The molecule has 1 saturated carbocycles. The smallest absolute Gasteiger partial charge is 0.321 e. The van der Waals surface area contributed by atoms with E-state index in [2.05, 4.69) is 10.6 Å². The highest BCUT2D eigenvalue weighted by atomic mass is 16.5. The molecule has 0 aliphatic heterocycles. The van der Waals surface area contributed by atoms with E-state index < -0.39 is 6.03 Å². The number of carbonyl (C=O) groups is 2. The number of ether oxygens (including phenoxy) is 1. The first-order valence-corrected chi connectivity index (χ1v) is 8.05. The van der Waals surface area contributed by atoms with Crippen LogP contribution < -0.4 is 20.3 Å². The third kappa shape index (κ3) is 5.90. The molecular weight excluding hydrogens is 294 g/mol. The number of amides is 3. The van der Waals surface area contributed by atoms with Crippen molar-refractivity contribution in [3.8, 4) is 5.75 Å². The van der Waals surface area contributed by atoms with E-state index in [1.807, 2.05) is 38.1 Å². The Kier molecular flexibility index (Phi) is 5.98. The highest BCUT2D eigenvalue weighted by Crippen LogP contribution is 2.16. The Morgan fingerprint density at radius 1 is 1.26 bits per heavy atom. The van der Waals surface area contributed by atoms with Crippen LogP contribution in [0, 0.1) is 0 Å². The highest BCUT2D eigenvalue weighted by molar-refractivity contribution is 5.94. The molecule has 0 heterocycles. The van der Waals surface area contributed by atoms with Crippen LogP contribution in [0.15, 0.2) is 24.3 Å². The summed E-state index contributed by atoms with van der Waals surface area (Å²) in [6.07, 6.45) is 2.27. The van der Waals surface area contributed by atoms with Gasteiger partial charge in [0.15, 0.2) is 6.54 Å². The van der Waals surface area contributed by atoms with Crippen molar-refractivity contribution in [2.24, 2.45) is 0 Å². The average molecular weight is 320 g/mol. The van der Waals surface area contributed by atoms with Crippen molar-refractivity contribution in [3.63, 3.8) is 0 Å². The molecule has 0 saturated heterocycles. The molecule has 1 fully saturated rings. The first-order valence-electron chi connectivity index (χ1n) is 8.05. The SMILES string of the molecule is COc1ccc(C[NH+](CC(=O)NC(=O)NC(C)C)C2CC2)cc1. The molecule has 1 aromatic carbocycles. The maximum Gasteiger partial charge on any atom is 0.321 e. The van der Waals surface area contributed by atoms with E-state index in [0.29, 0.717) is 12.6 Å². The summed E-state index contributed by atoms with van der Waals surface area (Å²) in [6, 6.07) is 7.98. The number of hydrogen-bond donors (Lipinski definition) is 3. The minimum atomic E-state index is -0.426. The van der Waals surface area contributed by atoms with Gasteiger partial charge in [-0.3, -0.25) is 10.1 Å². The lowest BCUT2D eigenvalue weighted by Gasteiger charge is -2.19. The molecule has 6 heteroatoms. The molecule has 1 unspecified atom stereocenters. The summed E-state index contributed by atoms with van der Waals surface area (Å²) in [5.74, 6) is 0.586. The highest BCUT2D eigenvalue weighted by Gasteiger charge is 2.34. The molecule has 0 aromatic heterocycles. The summed E-state index contributed by atoms with van der Waals surface area (Å²) in [5, 5.41) is 5.06. The largest absolute Gasteiger partial charge is 0.497 e. The van der Waals surface area contributed by atoms with Crippen molar-refractivity contribution in [1.82, 2.24) is 10.6 Å². The molecule has 3 amide bonds. The van der Waals surface area contributed by atoms with Crippen LogP contribution in [0.3, 0.4) is 0 Å². The van der Waals surface area contributed by atoms with Crippen LogP contribution in [0.2, 0.25) is 0 Å². The number of nitrogens with one attached hydrogen (secondary N) is 3. The maximum atomic E-state index is 12.1. The lowest BCUT2D eigenvalue weighted by molar-refractivity contribution is -0.917. The third-order valence-corrected chi connectivity index (χ3v) is 3.81. The second-order valence-corrected chi connectivity index (χ2v) is 6.31. The van der Waals surface area contributed by atoms with Gasteiger partial charge in [0.2, 0.25) is 0 Å². The number of urea groups is 1. The standard InChI is InChI=1S/C17H25N3O3/c1-12(2)18-17(22)19-16(21)11-20(14-6-7-14)10-13-4-8-15(23-3)9-5-13/h4-5,8-9,12,14H,6-7,10-11H2,1-3H3,(H2,18,19,21,22)/p+1. The number of hydrogen-bond acceptors (Lipinski definition) is 3. The van der Waals surface area contributed by atoms with Crippen molar-refractivity contribution in [2.75, 3.05) is 13.7 Å². The van der Waals surface area contributed by atoms with Gasteiger partial charge in [0.05, 0.1) is 13.2 Å².